The number of nitrogens with two attached hydrogens (primary N) is 4. The van der Waals surface area contributed by atoms with E-state index in [0.717, 1.165) is 6.92 Å². The van der Waals surface area contributed by atoms with Gasteiger partial charge in [0.25, 0.3) is 0 Å². The third-order valence-corrected chi connectivity index (χ3v) is 17.6. The Balaban J connectivity index is 7.24. The fourth-order valence-corrected chi connectivity index (χ4v) is 11.1. The summed E-state index contributed by atoms with van der Waals surface area (Å²) < 4.78 is 0. The molecule has 0 aromatic rings. The summed E-state index contributed by atoms with van der Waals surface area (Å²) >= 11 is 0. The van der Waals surface area contributed by atoms with E-state index < -0.39 is 285 Å². The molecule has 0 bridgehead atoms. The van der Waals surface area contributed by atoms with Crippen LogP contribution in [0.2, 0.25) is 0 Å². The number of amides is 14. The molecule has 0 unspecified atom stereocenters. The molecule has 0 aliphatic carbocycles. The molecule has 46 heteroatoms. The first kappa shape index (κ1) is 106. The SMILES string of the molecule is CC[C@H](C)[C@H](NC(=O)[C@H](CC(C)C)NC(=O)[C@H](CCCN=C(N)N)NC(=O)[C@@H](NC(=O)[C@@H](NC(=O)[C@H](CCCCN)NC(=O)[C@H](CC(C)C)NC(=O)[C@H](CC(C)C)NC(=O)[C@H](CCC(=O)O)NC(=O)[C@H](CCC(=O)O)NC(=O)[C@H](CC(=O)O)NC(=O)[C@H](CO)NC(=O)[C@H](CC(=O)O)NC(=O)CNC(=O)[C@@H](N)CO)[C@@H](C)O)C(C)C)C(=O)O. The molecule has 0 aliphatic heterocycles. The molecule has 117 heavy (non-hydrogen) atoms. The predicted molar refractivity (Wildman–Crippen MR) is 413 cm³/mol. The maximum atomic E-state index is 14.6. The second kappa shape index (κ2) is 54.8. The number of carbonyl (C=O) groups excluding carboxylic acids is 14. The summed E-state index contributed by atoms with van der Waals surface area (Å²) in [7, 11) is 0. The average Bonchev–Trinajstić information content (AvgIpc) is 0.852. The van der Waals surface area contributed by atoms with Gasteiger partial charge in [-0.15, -0.1) is 0 Å². The lowest BCUT2D eigenvalue weighted by atomic mass is 9.97. The van der Waals surface area contributed by atoms with E-state index in [4.69, 9.17) is 28.0 Å². The van der Waals surface area contributed by atoms with Crippen LogP contribution >= 0.6 is 0 Å². The fraction of sp³-hybridized carbons (Fsp3) is 0.718. The van der Waals surface area contributed by atoms with Gasteiger partial charge in [0.2, 0.25) is 82.7 Å². The number of guanidine groups is 1. The van der Waals surface area contributed by atoms with Crippen molar-refractivity contribution in [3.8, 4) is 0 Å². The van der Waals surface area contributed by atoms with Crippen molar-refractivity contribution < 1.29 is 132 Å². The highest BCUT2D eigenvalue weighted by atomic mass is 16.4. The molecule has 0 saturated carbocycles. The van der Waals surface area contributed by atoms with Crippen LogP contribution in [0.25, 0.3) is 0 Å². The Bertz CT molecular complexity index is 3410. The molecule has 14 amide bonds. The quantitative estimate of drug-likeness (QED) is 0.0153. The van der Waals surface area contributed by atoms with E-state index in [-0.39, 0.29) is 76.3 Å². The van der Waals surface area contributed by atoms with Crippen molar-refractivity contribution in [1.29, 1.82) is 0 Å². The van der Waals surface area contributed by atoms with Gasteiger partial charge in [0.1, 0.15) is 84.6 Å². The molecule has 0 aromatic heterocycles. The van der Waals surface area contributed by atoms with Crippen molar-refractivity contribution in [1.82, 2.24) is 74.4 Å². The van der Waals surface area contributed by atoms with E-state index in [0.29, 0.717) is 6.42 Å². The first-order valence-electron chi connectivity index (χ1n) is 38.3. The third-order valence-electron chi connectivity index (χ3n) is 17.6. The lowest BCUT2D eigenvalue weighted by Crippen LogP contribution is -2.62. The van der Waals surface area contributed by atoms with Crippen LogP contribution in [0, 0.1) is 29.6 Å². The van der Waals surface area contributed by atoms with Crippen LogP contribution in [0.4, 0.5) is 0 Å². The van der Waals surface area contributed by atoms with E-state index in [1.807, 2.05) is 26.6 Å². The fourth-order valence-electron chi connectivity index (χ4n) is 11.1. The number of carboxylic acid groups (broad SMARTS) is 5. The van der Waals surface area contributed by atoms with Crippen molar-refractivity contribution in [2.24, 2.45) is 57.5 Å². The molecule has 46 nitrogen and oxygen atoms in total. The van der Waals surface area contributed by atoms with E-state index in [1.54, 1.807) is 55.4 Å². The standard InChI is InChI=1S/C71H123N19O27/c1-12-36(10)55(70(116)117)89-66(112)45(26-34(6)7)84-58(104)40(17-15-23-76-71(74)75)82-68(114)54(35(8)9)88-69(115)56(37(11)93)90-61(107)39(16-13-14-22-72)79-62(108)43(24-32(2)3)85-63(109)44(25-33(4)5)83-60(106)42(19-21-51(97)98)80-59(105)41(18-20-50(95)96)81-65(111)47(28-53(101)102)86-67(113)48(31-92)87-64(110)46(27-52(99)100)78-49(94)29-77-57(103)38(73)30-91/h32-48,54-56,91-93H,12-31,72-73H2,1-11H3,(H,77,103)(H,78,94)(H,79,108)(H,80,105)(H,81,111)(H,82,114)(H,83,106)(H,84,104)(H,85,109)(H,86,113)(H,87,110)(H,88,115)(H,89,112)(H,90,107)(H,95,96)(H,97,98)(H,99,100)(H,101,102)(H,116,117)(H4,74,75,76)/t36-,37+,38-,39-,40-,41-,42-,43-,44-,45-,46-,47-,48-,54-,55-,56-/m0/s1. The Hall–Kier alpha value is -11.0. The van der Waals surface area contributed by atoms with E-state index >= 15 is 0 Å². The molecule has 0 aliphatic rings. The van der Waals surface area contributed by atoms with Crippen LogP contribution in [0.15, 0.2) is 4.99 Å². The van der Waals surface area contributed by atoms with Crippen molar-refractivity contribution in [2.75, 3.05) is 32.8 Å². The summed E-state index contributed by atoms with van der Waals surface area (Å²) in [6.45, 7) is 14.6. The van der Waals surface area contributed by atoms with Crippen molar-refractivity contribution in [3.05, 3.63) is 0 Å². The summed E-state index contributed by atoms with van der Waals surface area (Å²) in [5.41, 5.74) is 22.2. The Morgan fingerprint density at radius 1 is 0.368 bits per heavy atom. The topological polar surface area (TPSA) is 771 Å². The van der Waals surface area contributed by atoms with Gasteiger partial charge >= 0.3 is 29.8 Å². The monoisotopic (exact) mass is 1670 g/mol. The van der Waals surface area contributed by atoms with Crippen molar-refractivity contribution >= 4 is 119 Å². The van der Waals surface area contributed by atoms with E-state index in [9.17, 15) is 127 Å². The zero-order valence-electron chi connectivity index (χ0n) is 67.8. The lowest BCUT2D eigenvalue weighted by molar-refractivity contribution is -0.144. The highest BCUT2D eigenvalue weighted by Crippen LogP contribution is 2.16. The normalized spacial score (nSPS) is 15.3. The molecule has 0 rings (SSSR count). The number of aliphatic hydroxyl groups is 3. The zero-order valence-corrected chi connectivity index (χ0v) is 67.8. The lowest BCUT2D eigenvalue weighted by Gasteiger charge is -2.30. The Morgan fingerprint density at radius 2 is 0.701 bits per heavy atom. The first-order valence-corrected chi connectivity index (χ1v) is 38.3. The number of nitrogens with zero attached hydrogens (tertiary/aromatic N) is 1. The van der Waals surface area contributed by atoms with E-state index in [2.05, 4.69) is 52.8 Å². The van der Waals surface area contributed by atoms with Crippen LogP contribution in [0.1, 0.15) is 172 Å². The Morgan fingerprint density at radius 3 is 1.07 bits per heavy atom. The smallest absolute Gasteiger partial charge is 0.326 e. The van der Waals surface area contributed by atoms with Crippen molar-refractivity contribution in [2.45, 2.75) is 263 Å². The Kier molecular flexibility index (Phi) is 49.6. The minimum absolute atomic E-state index is 0.0183. The number of aliphatic carboxylic acids is 5. The number of unbranched alkanes of at least 4 members (excludes halogenated alkanes) is 1. The predicted octanol–water partition coefficient (Wildman–Crippen LogP) is -8.12. The zero-order chi connectivity index (χ0) is 89.8. The maximum Gasteiger partial charge on any atom is 0.326 e. The summed E-state index contributed by atoms with van der Waals surface area (Å²) in [6, 6.07) is -24.1. The van der Waals surface area contributed by atoms with Gasteiger partial charge in [0.05, 0.1) is 38.7 Å². The number of hydrogen-bond acceptors (Lipinski definition) is 25. The summed E-state index contributed by atoms with van der Waals surface area (Å²) in [5.74, 6) is -26.9. The van der Waals surface area contributed by atoms with E-state index in [1.165, 1.54) is 13.8 Å². The maximum absolute atomic E-state index is 14.6. The number of rotatable bonds is 59. The highest BCUT2D eigenvalue weighted by molar-refractivity contribution is 6.01. The minimum Gasteiger partial charge on any atom is -0.481 e. The minimum atomic E-state index is -2.27. The largest absolute Gasteiger partial charge is 0.481 e. The van der Waals surface area contributed by atoms with Gasteiger partial charge in [0.15, 0.2) is 5.96 Å². The molecule has 0 aromatic carbocycles. The van der Waals surface area contributed by atoms with Crippen LogP contribution in [-0.4, -0.2) is 283 Å². The van der Waals surface area contributed by atoms with Crippen LogP contribution in [0.3, 0.4) is 0 Å². The first-order chi connectivity index (χ1) is 54.5. The molecule has 30 N–H and O–H groups in total. The van der Waals surface area contributed by atoms with Gasteiger partial charge in [-0.05, 0) is 107 Å². The van der Waals surface area contributed by atoms with Gasteiger partial charge in [0, 0.05) is 19.4 Å². The molecular weight excluding hydrogens is 1550 g/mol. The van der Waals surface area contributed by atoms with Crippen LogP contribution in [-0.2, 0) is 91.1 Å². The molecule has 0 fully saturated rings. The number of nitrogens with one attached hydrogen (secondary N) is 14. The molecule has 664 valence electrons. The summed E-state index contributed by atoms with van der Waals surface area (Å²) in [5, 5.41) is 111. The van der Waals surface area contributed by atoms with Gasteiger partial charge in [-0.3, -0.25) is 91.3 Å². The summed E-state index contributed by atoms with van der Waals surface area (Å²) in [4.78, 5) is 258. The molecule has 0 saturated heterocycles. The number of carboxylic acids is 5. The molecular formula is C71H123N19O27. The number of carbonyl (C=O) groups is 19. The molecule has 0 spiro atoms. The van der Waals surface area contributed by atoms with Crippen LogP contribution < -0.4 is 97.4 Å². The second-order valence-electron chi connectivity index (χ2n) is 29.7. The molecule has 0 radical (unpaired) electrons. The Labute approximate surface area is 676 Å². The number of aliphatic hydroxyl groups excluding tert-OH is 3. The third kappa shape index (κ3) is 42.4. The second-order valence-corrected chi connectivity index (χ2v) is 29.7. The number of hydrogen-bond donors (Lipinski definition) is 26. The van der Waals surface area contributed by atoms with Gasteiger partial charge in [-0.1, -0.05) is 75.7 Å². The molecule has 0 heterocycles. The van der Waals surface area contributed by atoms with Gasteiger partial charge < -0.3 is 138 Å². The van der Waals surface area contributed by atoms with Crippen LogP contribution in [0.5, 0.6) is 0 Å². The summed E-state index contributed by atoms with van der Waals surface area (Å²) in [6.07, 6.45) is -7.42. The van der Waals surface area contributed by atoms with Gasteiger partial charge in [-0.2, -0.15) is 0 Å². The average molecular weight is 1670 g/mol. The number of aliphatic imine (C=N–C) groups is 1. The van der Waals surface area contributed by atoms with Gasteiger partial charge in [-0.25, -0.2) is 4.79 Å². The highest BCUT2D eigenvalue weighted by Gasteiger charge is 2.40. The van der Waals surface area contributed by atoms with Crippen molar-refractivity contribution in [3.63, 3.8) is 0 Å². The molecule has 16 atom stereocenters.